The van der Waals surface area contributed by atoms with Crippen molar-refractivity contribution in [1.29, 1.82) is 0 Å². The van der Waals surface area contributed by atoms with E-state index >= 15 is 0 Å². The minimum Gasteiger partial charge on any atom is -0.378 e. The number of aromatic nitrogens is 4. The van der Waals surface area contributed by atoms with Crippen molar-refractivity contribution in [3.63, 3.8) is 0 Å². The lowest BCUT2D eigenvalue weighted by Gasteiger charge is -2.29. The summed E-state index contributed by atoms with van der Waals surface area (Å²) in [4.78, 5) is 17.7. The number of nitrogens with zero attached hydrogens (tertiary/aromatic N) is 4. The molecule has 0 saturated carbocycles. The van der Waals surface area contributed by atoms with Crippen LogP contribution in [0.3, 0.4) is 0 Å². The number of hydrogen-bond acceptors (Lipinski definition) is 8. The van der Waals surface area contributed by atoms with Crippen molar-refractivity contribution < 1.29 is 13.2 Å². The standard InChI is InChI=1S/C22H22N6O3S/c23-22-24-11-17(12-25-22)16-8-18(28-3-5-31-6-4-28)10-19(9-16)32(29,30)13-15-1-2-20-21(7-15)27-14-26-20/h1-2,7-12,14H,3-6,13H2,(H,26,27)(H2,23,24,25). The number of nitrogen functional groups attached to an aromatic ring is 1. The van der Waals surface area contributed by atoms with Crippen LogP contribution in [0.15, 0.2) is 60.0 Å². The summed E-state index contributed by atoms with van der Waals surface area (Å²) in [6.45, 7) is 2.58. The number of ether oxygens (including phenoxy) is 1. The molecule has 1 fully saturated rings. The molecule has 0 unspecified atom stereocenters. The molecule has 4 aromatic rings. The fourth-order valence-corrected chi connectivity index (χ4v) is 5.18. The van der Waals surface area contributed by atoms with Crippen LogP contribution in [-0.4, -0.2) is 54.7 Å². The van der Waals surface area contributed by atoms with Crippen LogP contribution in [0.2, 0.25) is 0 Å². The Kier molecular flexibility index (Phi) is 5.24. The summed E-state index contributed by atoms with van der Waals surface area (Å²) < 4.78 is 32.3. The lowest BCUT2D eigenvalue weighted by Crippen LogP contribution is -2.36. The van der Waals surface area contributed by atoms with Gasteiger partial charge in [0.15, 0.2) is 9.84 Å². The van der Waals surface area contributed by atoms with Gasteiger partial charge in [-0.05, 0) is 41.5 Å². The molecule has 0 bridgehead atoms. The number of morpholine rings is 1. The van der Waals surface area contributed by atoms with E-state index in [-0.39, 0.29) is 16.6 Å². The Morgan fingerprint density at radius 3 is 2.56 bits per heavy atom. The van der Waals surface area contributed by atoms with E-state index in [2.05, 4.69) is 24.8 Å². The SMILES string of the molecule is Nc1ncc(-c2cc(N3CCOCC3)cc(S(=O)(=O)Cc3ccc4[nH]cnc4c3)c2)cn1. The number of hydrogen-bond donors (Lipinski definition) is 2. The summed E-state index contributed by atoms with van der Waals surface area (Å²) in [6, 6.07) is 10.8. The smallest absolute Gasteiger partial charge is 0.219 e. The summed E-state index contributed by atoms with van der Waals surface area (Å²) in [5, 5.41) is 0. The van der Waals surface area contributed by atoms with Crippen molar-refractivity contribution in [2.45, 2.75) is 10.6 Å². The zero-order valence-electron chi connectivity index (χ0n) is 17.2. The molecule has 0 spiro atoms. The number of fused-ring (bicyclic) bond motifs is 1. The van der Waals surface area contributed by atoms with Gasteiger partial charge in [0.05, 0.1) is 41.2 Å². The molecule has 0 radical (unpaired) electrons. The topological polar surface area (TPSA) is 127 Å². The fraction of sp³-hybridized carbons (Fsp3) is 0.227. The predicted molar refractivity (Wildman–Crippen MR) is 122 cm³/mol. The van der Waals surface area contributed by atoms with Crippen LogP contribution in [0.4, 0.5) is 11.6 Å². The molecule has 32 heavy (non-hydrogen) atoms. The molecule has 3 N–H and O–H groups in total. The van der Waals surface area contributed by atoms with Gasteiger partial charge in [-0.15, -0.1) is 0 Å². The maximum absolute atomic E-state index is 13.4. The second kappa shape index (κ2) is 8.21. The summed E-state index contributed by atoms with van der Waals surface area (Å²) in [5.41, 5.74) is 10.1. The second-order valence-corrected chi connectivity index (χ2v) is 9.65. The molecule has 2 aromatic carbocycles. The number of H-pyrrole nitrogens is 1. The summed E-state index contributed by atoms with van der Waals surface area (Å²) in [5.74, 6) is 0.0414. The van der Waals surface area contributed by atoms with Crippen molar-refractivity contribution in [2.24, 2.45) is 0 Å². The van der Waals surface area contributed by atoms with Crippen LogP contribution in [-0.2, 0) is 20.3 Å². The lowest BCUT2D eigenvalue weighted by atomic mass is 10.1. The Balaban J connectivity index is 1.55. The van der Waals surface area contributed by atoms with Crippen LogP contribution in [0.1, 0.15) is 5.56 Å². The van der Waals surface area contributed by atoms with E-state index in [4.69, 9.17) is 10.5 Å². The number of benzene rings is 2. The Bertz CT molecular complexity index is 1360. The van der Waals surface area contributed by atoms with Gasteiger partial charge in [0.25, 0.3) is 0 Å². The third kappa shape index (κ3) is 4.14. The molecule has 1 aliphatic heterocycles. The van der Waals surface area contributed by atoms with Crippen LogP contribution in [0.25, 0.3) is 22.2 Å². The van der Waals surface area contributed by atoms with E-state index in [0.717, 1.165) is 22.3 Å². The van der Waals surface area contributed by atoms with Crippen LogP contribution >= 0.6 is 0 Å². The molecule has 10 heteroatoms. The quantitative estimate of drug-likeness (QED) is 0.475. The first-order valence-electron chi connectivity index (χ1n) is 10.2. The molecule has 0 aliphatic carbocycles. The lowest BCUT2D eigenvalue weighted by molar-refractivity contribution is 0.122. The van der Waals surface area contributed by atoms with Gasteiger partial charge in [0.2, 0.25) is 5.95 Å². The van der Waals surface area contributed by atoms with E-state index in [1.165, 1.54) is 0 Å². The van der Waals surface area contributed by atoms with Gasteiger partial charge in [-0.2, -0.15) is 0 Å². The highest BCUT2D eigenvalue weighted by molar-refractivity contribution is 7.90. The minimum atomic E-state index is -3.63. The molecule has 9 nitrogen and oxygen atoms in total. The van der Waals surface area contributed by atoms with E-state index < -0.39 is 9.84 Å². The maximum Gasteiger partial charge on any atom is 0.219 e. The number of sulfone groups is 1. The number of nitrogens with two attached hydrogens (primary N) is 1. The van der Waals surface area contributed by atoms with Gasteiger partial charge < -0.3 is 20.4 Å². The highest BCUT2D eigenvalue weighted by Gasteiger charge is 2.21. The average molecular weight is 451 g/mol. The highest BCUT2D eigenvalue weighted by Crippen LogP contribution is 2.31. The van der Waals surface area contributed by atoms with Crippen molar-refractivity contribution in [1.82, 2.24) is 19.9 Å². The fourth-order valence-electron chi connectivity index (χ4n) is 3.79. The summed E-state index contributed by atoms with van der Waals surface area (Å²) >= 11 is 0. The van der Waals surface area contributed by atoms with E-state index in [9.17, 15) is 8.42 Å². The first kappa shape index (κ1) is 20.4. The molecular formula is C22H22N6O3S. The number of anilines is 2. The number of rotatable bonds is 5. The van der Waals surface area contributed by atoms with E-state index in [1.807, 2.05) is 12.1 Å². The van der Waals surface area contributed by atoms with Crippen molar-refractivity contribution in [3.8, 4) is 11.1 Å². The Labute approximate surface area is 185 Å². The van der Waals surface area contributed by atoms with Crippen LogP contribution in [0, 0.1) is 0 Å². The zero-order valence-corrected chi connectivity index (χ0v) is 18.0. The predicted octanol–water partition coefficient (Wildman–Crippen LogP) is 2.41. The molecule has 1 saturated heterocycles. The number of nitrogens with one attached hydrogen (secondary N) is 1. The zero-order chi connectivity index (χ0) is 22.1. The van der Waals surface area contributed by atoms with Crippen LogP contribution < -0.4 is 10.6 Å². The largest absolute Gasteiger partial charge is 0.378 e. The summed E-state index contributed by atoms with van der Waals surface area (Å²) in [7, 11) is -3.63. The van der Waals surface area contributed by atoms with E-state index in [1.54, 1.807) is 43.0 Å². The normalized spacial score (nSPS) is 14.7. The minimum absolute atomic E-state index is 0.125. The Hall–Kier alpha value is -3.50. The summed E-state index contributed by atoms with van der Waals surface area (Å²) in [6.07, 6.45) is 4.79. The average Bonchev–Trinajstić information content (AvgIpc) is 3.27. The number of imidazole rings is 1. The van der Waals surface area contributed by atoms with Gasteiger partial charge in [-0.1, -0.05) is 6.07 Å². The molecule has 1 aliphatic rings. The first-order valence-corrected chi connectivity index (χ1v) is 11.8. The second-order valence-electron chi connectivity index (χ2n) is 7.66. The van der Waals surface area contributed by atoms with Gasteiger partial charge in [0.1, 0.15) is 0 Å². The Morgan fingerprint density at radius 1 is 1.00 bits per heavy atom. The van der Waals surface area contributed by atoms with Crippen LogP contribution in [0.5, 0.6) is 0 Å². The van der Waals surface area contributed by atoms with Gasteiger partial charge in [-0.25, -0.2) is 23.4 Å². The van der Waals surface area contributed by atoms with Gasteiger partial charge in [-0.3, -0.25) is 0 Å². The molecular weight excluding hydrogens is 428 g/mol. The Morgan fingerprint density at radius 2 is 1.78 bits per heavy atom. The van der Waals surface area contributed by atoms with Crippen molar-refractivity contribution in [3.05, 3.63) is 60.7 Å². The highest BCUT2D eigenvalue weighted by atomic mass is 32.2. The first-order chi connectivity index (χ1) is 15.5. The monoisotopic (exact) mass is 450 g/mol. The van der Waals surface area contributed by atoms with E-state index in [0.29, 0.717) is 37.4 Å². The molecule has 5 rings (SSSR count). The van der Waals surface area contributed by atoms with Crippen molar-refractivity contribution >= 4 is 32.5 Å². The third-order valence-corrected chi connectivity index (χ3v) is 7.14. The molecule has 2 aromatic heterocycles. The molecule has 3 heterocycles. The molecule has 0 amide bonds. The molecule has 164 valence electrons. The third-order valence-electron chi connectivity index (χ3n) is 5.47. The maximum atomic E-state index is 13.4. The molecule has 0 atom stereocenters. The van der Waals surface area contributed by atoms with Gasteiger partial charge >= 0.3 is 0 Å². The van der Waals surface area contributed by atoms with Gasteiger partial charge in [0, 0.05) is 36.7 Å². The number of aromatic amines is 1. The van der Waals surface area contributed by atoms with Crippen molar-refractivity contribution in [2.75, 3.05) is 36.9 Å².